The average molecular weight is 399 g/mol. The highest BCUT2D eigenvalue weighted by atomic mass is 35.5. The molecular formula is C18H23ClN2O6. The lowest BCUT2D eigenvalue weighted by atomic mass is 10.2. The summed E-state index contributed by atoms with van der Waals surface area (Å²) in [7, 11) is 0. The van der Waals surface area contributed by atoms with Crippen molar-refractivity contribution < 1.29 is 29.3 Å². The summed E-state index contributed by atoms with van der Waals surface area (Å²) >= 11 is 5.97. The molecule has 8 nitrogen and oxygen atoms in total. The van der Waals surface area contributed by atoms with Gasteiger partial charge in [-0.3, -0.25) is 4.90 Å². The van der Waals surface area contributed by atoms with Gasteiger partial charge in [0.25, 0.3) is 0 Å². The lowest BCUT2D eigenvalue weighted by molar-refractivity contribution is -0.134. The van der Waals surface area contributed by atoms with Gasteiger partial charge in [-0.05, 0) is 24.6 Å². The number of carboxylic acids is 2. The Morgan fingerprint density at radius 3 is 2.19 bits per heavy atom. The van der Waals surface area contributed by atoms with Crippen LogP contribution in [0.5, 0.6) is 0 Å². The van der Waals surface area contributed by atoms with Crippen LogP contribution in [-0.4, -0.2) is 70.8 Å². The number of ether oxygens (including phenoxy) is 1. The summed E-state index contributed by atoms with van der Waals surface area (Å²) in [6.07, 6.45) is 0.912. The number of aliphatic carboxylic acids is 2. The van der Waals surface area contributed by atoms with E-state index in [-0.39, 0.29) is 6.09 Å². The molecule has 0 atom stereocenters. The summed E-state index contributed by atoms with van der Waals surface area (Å²) in [5.41, 5.74) is 1.21. The molecular weight excluding hydrogens is 376 g/mol. The third-order valence-electron chi connectivity index (χ3n) is 3.56. The normalized spacial score (nSPS) is 14.4. The Morgan fingerprint density at radius 1 is 1.11 bits per heavy atom. The Kier molecular flexibility index (Phi) is 9.92. The van der Waals surface area contributed by atoms with E-state index in [1.54, 1.807) is 4.90 Å². The maximum absolute atomic E-state index is 11.6. The SMILES string of the molecule is CCOC(=O)N1CCN(Cc2cccc(Cl)c2)CC1.O=C(O)/C=C\C(=O)O. The van der Waals surface area contributed by atoms with E-state index in [9.17, 15) is 14.4 Å². The first-order valence-corrected chi connectivity index (χ1v) is 8.72. The second kappa shape index (κ2) is 11.9. The van der Waals surface area contributed by atoms with E-state index >= 15 is 0 Å². The largest absolute Gasteiger partial charge is 0.478 e. The summed E-state index contributed by atoms with van der Waals surface area (Å²) in [6.45, 7) is 6.31. The third kappa shape index (κ3) is 9.62. The number of hydrogen-bond acceptors (Lipinski definition) is 5. The maximum atomic E-state index is 11.6. The van der Waals surface area contributed by atoms with Gasteiger partial charge in [0, 0.05) is 49.9 Å². The average Bonchev–Trinajstić information content (AvgIpc) is 2.61. The first kappa shape index (κ1) is 22.5. The van der Waals surface area contributed by atoms with Crippen LogP contribution in [0.1, 0.15) is 12.5 Å². The van der Waals surface area contributed by atoms with Crippen LogP contribution in [0.3, 0.4) is 0 Å². The summed E-state index contributed by atoms with van der Waals surface area (Å²) in [5, 5.41) is 16.4. The van der Waals surface area contributed by atoms with E-state index < -0.39 is 11.9 Å². The third-order valence-corrected chi connectivity index (χ3v) is 3.80. The first-order valence-electron chi connectivity index (χ1n) is 8.34. The Bertz CT molecular complexity index is 656. The number of halogens is 1. The van der Waals surface area contributed by atoms with Crippen LogP contribution in [-0.2, 0) is 20.9 Å². The predicted molar refractivity (Wildman–Crippen MR) is 99.7 cm³/mol. The summed E-state index contributed by atoms with van der Waals surface area (Å²) in [4.78, 5) is 34.8. The zero-order chi connectivity index (χ0) is 20.2. The lowest BCUT2D eigenvalue weighted by Crippen LogP contribution is -2.48. The van der Waals surface area contributed by atoms with Gasteiger partial charge in [0.2, 0.25) is 0 Å². The first-order chi connectivity index (χ1) is 12.8. The number of piperazine rings is 1. The van der Waals surface area contributed by atoms with Gasteiger partial charge in [-0.25, -0.2) is 14.4 Å². The molecule has 1 amide bonds. The van der Waals surface area contributed by atoms with Crippen molar-refractivity contribution in [3.63, 3.8) is 0 Å². The molecule has 0 aromatic heterocycles. The second-order valence-corrected chi connectivity index (χ2v) is 6.04. The molecule has 27 heavy (non-hydrogen) atoms. The van der Waals surface area contributed by atoms with Crippen molar-refractivity contribution >= 4 is 29.6 Å². The molecule has 1 aliphatic rings. The molecule has 148 valence electrons. The molecule has 1 fully saturated rings. The number of nitrogens with zero attached hydrogens (tertiary/aromatic N) is 2. The van der Waals surface area contributed by atoms with Crippen LogP contribution in [0.2, 0.25) is 5.02 Å². The van der Waals surface area contributed by atoms with Crippen molar-refractivity contribution in [2.75, 3.05) is 32.8 Å². The molecule has 0 aliphatic carbocycles. The molecule has 1 aromatic rings. The molecule has 1 aromatic carbocycles. The van der Waals surface area contributed by atoms with Gasteiger partial charge in [-0.15, -0.1) is 0 Å². The van der Waals surface area contributed by atoms with Crippen molar-refractivity contribution in [3.05, 3.63) is 47.0 Å². The number of benzene rings is 1. The van der Waals surface area contributed by atoms with E-state index in [2.05, 4.69) is 11.0 Å². The molecule has 0 saturated carbocycles. The van der Waals surface area contributed by atoms with E-state index in [1.165, 1.54) is 5.56 Å². The number of carbonyl (C=O) groups excluding carboxylic acids is 1. The van der Waals surface area contributed by atoms with Crippen LogP contribution in [0.25, 0.3) is 0 Å². The maximum Gasteiger partial charge on any atom is 0.409 e. The molecule has 0 unspecified atom stereocenters. The zero-order valence-corrected chi connectivity index (χ0v) is 15.8. The number of carbonyl (C=O) groups is 3. The Hall–Kier alpha value is -2.58. The van der Waals surface area contributed by atoms with Crippen molar-refractivity contribution in [2.24, 2.45) is 0 Å². The monoisotopic (exact) mass is 398 g/mol. The second-order valence-electron chi connectivity index (χ2n) is 5.60. The number of rotatable bonds is 5. The molecule has 0 radical (unpaired) electrons. The van der Waals surface area contributed by atoms with Gasteiger partial charge in [-0.1, -0.05) is 23.7 Å². The minimum atomic E-state index is -1.26. The van der Waals surface area contributed by atoms with Crippen molar-refractivity contribution in [2.45, 2.75) is 13.5 Å². The minimum Gasteiger partial charge on any atom is -0.478 e. The molecule has 1 aliphatic heterocycles. The Morgan fingerprint density at radius 2 is 1.70 bits per heavy atom. The van der Waals surface area contributed by atoms with Crippen molar-refractivity contribution in [1.29, 1.82) is 0 Å². The van der Waals surface area contributed by atoms with Crippen LogP contribution < -0.4 is 0 Å². The summed E-state index contributed by atoms with van der Waals surface area (Å²) < 4.78 is 5.00. The van der Waals surface area contributed by atoms with Gasteiger partial charge in [0.15, 0.2) is 0 Å². The Labute approximate surface area is 162 Å². The highest BCUT2D eigenvalue weighted by Gasteiger charge is 2.21. The quantitative estimate of drug-likeness (QED) is 0.733. The number of hydrogen-bond donors (Lipinski definition) is 2. The Balaban J connectivity index is 0.000000387. The fourth-order valence-corrected chi connectivity index (χ4v) is 2.55. The molecule has 2 rings (SSSR count). The fourth-order valence-electron chi connectivity index (χ4n) is 2.34. The van der Waals surface area contributed by atoms with E-state index in [4.69, 9.17) is 26.6 Å². The van der Waals surface area contributed by atoms with E-state index in [0.717, 1.165) is 37.7 Å². The van der Waals surface area contributed by atoms with Gasteiger partial charge in [-0.2, -0.15) is 0 Å². The fraction of sp³-hybridized carbons (Fsp3) is 0.389. The topological polar surface area (TPSA) is 107 Å². The van der Waals surface area contributed by atoms with Crippen LogP contribution in [0.4, 0.5) is 4.79 Å². The highest BCUT2D eigenvalue weighted by molar-refractivity contribution is 6.30. The van der Waals surface area contributed by atoms with Crippen LogP contribution >= 0.6 is 11.6 Å². The predicted octanol–water partition coefficient (Wildman–Crippen LogP) is 2.33. The van der Waals surface area contributed by atoms with Crippen molar-refractivity contribution in [1.82, 2.24) is 9.80 Å². The molecule has 1 heterocycles. The minimum absolute atomic E-state index is 0.204. The van der Waals surface area contributed by atoms with Gasteiger partial charge >= 0.3 is 18.0 Å². The van der Waals surface area contributed by atoms with E-state index in [1.807, 2.05) is 25.1 Å². The number of amides is 1. The molecule has 0 bridgehead atoms. The van der Waals surface area contributed by atoms with Gasteiger partial charge in [0.05, 0.1) is 6.61 Å². The lowest BCUT2D eigenvalue weighted by Gasteiger charge is -2.34. The standard InChI is InChI=1S/C14H19ClN2O2.C4H4O4/c1-2-19-14(18)17-8-6-16(7-9-17)11-12-4-3-5-13(15)10-12;5-3(6)1-2-4(7)8/h3-5,10H,2,6-9,11H2,1H3;1-2H,(H,5,6)(H,7,8)/b;2-1-. The van der Waals surface area contributed by atoms with E-state index in [0.29, 0.717) is 18.8 Å². The summed E-state index contributed by atoms with van der Waals surface area (Å²) in [5.74, 6) is -2.51. The zero-order valence-electron chi connectivity index (χ0n) is 15.0. The van der Waals surface area contributed by atoms with Crippen molar-refractivity contribution in [3.8, 4) is 0 Å². The van der Waals surface area contributed by atoms with Gasteiger partial charge < -0.3 is 19.8 Å². The van der Waals surface area contributed by atoms with Crippen LogP contribution in [0, 0.1) is 0 Å². The van der Waals surface area contributed by atoms with Crippen LogP contribution in [0.15, 0.2) is 36.4 Å². The number of carboxylic acid groups (broad SMARTS) is 2. The molecule has 1 saturated heterocycles. The highest BCUT2D eigenvalue weighted by Crippen LogP contribution is 2.14. The van der Waals surface area contributed by atoms with Gasteiger partial charge in [0.1, 0.15) is 0 Å². The molecule has 0 spiro atoms. The molecule has 2 N–H and O–H groups in total. The summed E-state index contributed by atoms with van der Waals surface area (Å²) in [6, 6.07) is 7.90. The smallest absolute Gasteiger partial charge is 0.409 e. The molecule has 9 heteroatoms.